The fraction of sp³-hybridized carbons (Fsp3) is 0.276. The van der Waals surface area contributed by atoms with Crippen molar-refractivity contribution in [2.45, 2.75) is 38.5 Å². The molecule has 0 atom stereocenters. The van der Waals surface area contributed by atoms with E-state index in [1.54, 1.807) is 62.4 Å². The molecule has 0 N–H and O–H groups in total. The minimum absolute atomic E-state index is 0.0530. The first kappa shape index (κ1) is 26.9. The highest BCUT2D eigenvalue weighted by Crippen LogP contribution is 2.48. The normalized spacial score (nSPS) is 14.3. The molecule has 2 heterocycles. The van der Waals surface area contributed by atoms with Crippen molar-refractivity contribution in [3.8, 4) is 11.3 Å². The van der Waals surface area contributed by atoms with Gasteiger partial charge in [0.1, 0.15) is 5.15 Å². The predicted octanol–water partition coefficient (Wildman–Crippen LogP) is 5.11. The number of aryl methyl sites for hydroxylation is 1. The van der Waals surface area contributed by atoms with Crippen LogP contribution in [0, 0.1) is 12.3 Å². The Hall–Kier alpha value is -3.69. The average Bonchev–Trinajstić information content (AvgIpc) is 3.27. The molecule has 0 aliphatic heterocycles. The Labute approximate surface area is 231 Å². The van der Waals surface area contributed by atoms with Crippen LogP contribution in [0.3, 0.4) is 0 Å². The highest BCUT2D eigenvalue weighted by atomic mass is 35.5. The van der Waals surface area contributed by atoms with Crippen molar-refractivity contribution in [1.82, 2.24) is 8.96 Å². The number of ether oxygens (including phenoxy) is 2. The van der Waals surface area contributed by atoms with E-state index in [-0.39, 0.29) is 36.1 Å². The Morgan fingerprint density at radius 3 is 2.13 bits per heavy atom. The van der Waals surface area contributed by atoms with Gasteiger partial charge in [-0.3, -0.25) is 9.59 Å². The second kappa shape index (κ2) is 10.1. The Morgan fingerprint density at radius 2 is 1.54 bits per heavy atom. The van der Waals surface area contributed by atoms with Crippen LogP contribution in [0.4, 0.5) is 0 Å². The molecule has 0 radical (unpaired) electrons. The smallest absolute Gasteiger partial charge is 0.324 e. The number of aromatic nitrogens is 2. The van der Waals surface area contributed by atoms with Gasteiger partial charge in [0, 0.05) is 23.8 Å². The van der Waals surface area contributed by atoms with E-state index in [2.05, 4.69) is 4.98 Å². The maximum Gasteiger partial charge on any atom is 0.324 e. The lowest BCUT2D eigenvalue weighted by Crippen LogP contribution is -2.47. The van der Waals surface area contributed by atoms with E-state index in [0.717, 1.165) is 5.56 Å². The summed E-state index contributed by atoms with van der Waals surface area (Å²) in [6.45, 7) is 5.29. The molecule has 0 amide bonds. The molecule has 2 aromatic heterocycles. The molecule has 0 bridgehead atoms. The summed E-state index contributed by atoms with van der Waals surface area (Å²) in [5, 5.41) is 0.625. The quantitative estimate of drug-likeness (QED) is 0.174. The molecule has 202 valence electrons. The number of pyridine rings is 1. The zero-order chi connectivity index (χ0) is 27.9. The van der Waals surface area contributed by atoms with Gasteiger partial charge in [-0.1, -0.05) is 59.6 Å². The van der Waals surface area contributed by atoms with Crippen molar-refractivity contribution in [2.24, 2.45) is 5.41 Å². The second-order valence-electron chi connectivity index (χ2n) is 9.44. The summed E-state index contributed by atoms with van der Waals surface area (Å²) in [6, 6.07) is 15.5. The number of rotatable bonds is 7. The van der Waals surface area contributed by atoms with E-state index >= 15 is 0 Å². The summed E-state index contributed by atoms with van der Waals surface area (Å²) in [4.78, 5) is 31.3. The lowest BCUT2D eigenvalue weighted by Gasteiger charge is -2.33. The van der Waals surface area contributed by atoms with Crippen molar-refractivity contribution in [3.05, 3.63) is 82.6 Å². The monoisotopic (exact) mass is 566 g/mol. The van der Waals surface area contributed by atoms with E-state index in [1.165, 1.54) is 10.2 Å². The first-order valence-electron chi connectivity index (χ1n) is 12.6. The highest BCUT2D eigenvalue weighted by Gasteiger charge is 2.53. The molecule has 10 heteroatoms. The molecule has 4 aromatic rings. The van der Waals surface area contributed by atoms with E-state index < -0.39 is 27.4 Å². The summed E-state index contributed by atoms with van der Waals surface area (Å²) in [5.41, 5.74) is 1.26. The topological polar surface area (TPSA) is 105 Å². The molecule has 39 heavy (non-hydrogen) atoms. The van der Waals surface area contributed by atoms with Gasteiger partial charge in [-0.05, 0) is 44.0 Å². The van der Waals surface area contributed by atoms with Crippen LogP contribution >= 0.6 is 11.6 Å². The van der Waals surface area contributed by atoms with Crippen LogP contribution in [0.5, 0.6) is 0 Å². The first-order valence-corrected chi connectivity index (χ1v) is 14.4. The number of hydrogen-bond acceptors (Lipinski definition) is 7. The maximum atomic E-state index is 14.3. The van der Waals surface area contributed by atoms with Crippen molar-refractivity contribution in [3.63, 3.8) is 0 Å². The van der Waals surface area contributed by atoms with E-state index in [0.29, 0.717) is 33.3 Å². The number of halogens is 1. The fourth-order valence-corrected chi connectivity index (χ4v) is 6.99. The van der Waals surface area contributed by atoms with Crippen LogP contribution in [-0.4, -0.2) is 42.5 Å². The molecule has 2 aromatic carbocycles. The van der Waals surface area contributed by atoms with Gasteiger partial charge >= 0.3 is 11.9 Å². The summed E-state index contributed by atoms with van der Waals surface area (Å²) in [6.07, 6.45) is 1.16. The van der Waals surface area contributed by atoms with Gasteiger partial charge in [0.05, 0.1) is 35.5 Å². The van der Waals surface area contributed by atoms with E-state index in [4.69, 9.17) is 21.1 Å². The highest BCUT2D eigenvalue weighted by molar-refractivity contribution is 7.90. The third-order valence-corrected chi connectivity index (χ3v) is 9.07. The molecular weight excluding hydrogens is 540 g/mol. The molecule has 0 saturated heterocycles. The Morgan fingerprint density at radius 1 is 0.949 bits per heavy atom. The van der Waals surface area contributed by atoms with Crippen LogP contribution < -0.4 is 0 Å². The van der Waals surface area contributed by atoms with E-state index in [1.807, 2.05) is 13.0 Å². The predicted molar refractivity (Wildman–Crippen MR) is 147 cm³/mol. The number of benzene rings is 2. The third-order valence-electron chi connectivity index (χ3n) is 7.01. The van der Waals surface area contributed by atoms with Gasteiger partial charge in [0.2, 0.25) is 0 Å². The largest absolute Gasteiger partial charge is 0.465 e. The average molecular weight is 567 g/mol. The van der Waals surface area contributed by atoms with Gasteiger partial charge in [-0.2, -0.15) is 0 Å². The SMILES string of the molecule is CCOC(=O)C1(C(=O)OCC)Cc2c(Cl)ncc3c2c(c(-c2ccccc2)n3S(=O)(=O)c2ccc(C)cc2)C1. The van der Waals surface area contributed by atoms with Crippen LogP contribution in [0.15, 0.2) is 65.7 Å². The number of carbonyl (C=O) groups excluding carboxylic acids is 2. The molecule has 0 spiro atoms. The molecule has 5 rings (SSSR count). The Kier molecular flexibility index (Phi) is 6.99. The van der Waals surface area contributed by atoms with Gasteiger partial charge < -0.3 is 9.47 Å². The summed E-state index contributed by atoms with van der Waals surface area (Å²) < 4.78 is 40.5. The number of carbonyl (C=O) groups is 2. The zero-order valence-corrected chi connectivity index (χ0v) is 23.3. The van der Waals surface area contributed by atoms with Crippen molar-refractivity contribution >= 4 is 44.5 Å². The molecule has 0 saturated carbocycles. The van der Waals surface area contributed by atoms with Crippen molar-refractivity contribution < 1.29 is 27.5 Å². The Balaban J connectivity index is 1.90. The summed E-state index contributed by atoms with van der Waals surface area (Å²) >= 11 is 6.58. The number of esters is 2. The van der Waals surface area contributed by atoms with E-state index in [9.17, 15) is 18.0 Å². The Bertz CT molecular complexity index is 1680. The lowest BCUT2D eigenvalue weighted by molar-refractivity contribution is -0.172. The van der Waals surface area contributed by atoms with Gasteiger partial charge in [-0.15, -0.1) is 0 Å². The van der Waals surface area contributed by atoms with Crippen LogP contribution in [-0.2, 0) is 41.9 Å². The summed E-state index contributed by atoms with van der Waals surface area (Å²) in [7, 11) is -4.15. The van der Waals surface area contributed by atoms with Gasteiger partial charge in [0.15, 0.2) is 5.41 Å². The number of nitrogens with zero attached hydrogens (tertiary/aromatic N) is 2. The molecule has 8 nitrogen and oxygen atoms in total. The minimum Gasteiger partial charge on any atom is -0.465 e. The lowest BCUT2D eigenvalue weighted by atomic mass is 9.71. The fourth-order valence-electron chi connectivity index (χ4n) is 5.23. The number of hydrogen-bond donors (Lipinski definition) is 0. The van der Waals surface area contributed by atoms with Crippen LogP contribution in [0.25, 0.3) is 22.2 Å². The standard InChI is InChI=1S/C29H27ClN2O6S/c1-4-37-27(33)29(28(34)38-5-2)15-21-24-22(16-29)26(30)31-17-23(24)32(25(21)19-9-7-6-8-10-19)39(35,36)20-13-11-18(3)12-14-20/h6-14,17H,4-5,15-16H2,1-3H3. The summed E-state index contributed by atoms with van der Waals surface area (Å²) in [5.74, 6) is -1.51. The van der Waals surface area contributed by atoms with Crippen molar-refractivity contribution in [1.29, 1.82) is 0 Å². The zero-order valence-electron chi connectivity index (χ0n) is 21.7. The molecular formula is C29H27ClN2O6S. The van der Waals surface area contributed by atoms with Gasteiger partial charge in [-0.25, -0.2) is 17.4 Å². The first-order chi connectivity index (χ1) is 18.7. The van der Waals surface area contributed by atoms with Crippen LogP contribution in [0.1, 0.15) is 30.5 Å². The van der Waals surface area contributed by atoms with Crippen molar-refractivity contribution in [2.75, 3.05) is 13.2 Å². The maximum absolute atomic E-state index is 14.3. The minimum atomic E-state index is -4.15. The molecule has 0 unspecified atom stereocenters. The molecule has 1 aliphatic rings. The molecule has 1 aliphatic carbocycles. The van der Waals surface area contributed by atoms with Gasteiger partial charge in [0.25, 0.3) is 10.0 Å². The van der Waals surface area contributed by atoms with Crippen LogP contribution in [0.2, 0.25) is 5.15 Å². The molecule has 0 fully saturated rings. The third kappa shape index (κ3) is 4.30. The second-order valence-corrected chi connectivity index (χ2v) is 11.6.